The van der Waals surface area contributed by atoms with Crippen LogP contribution >= 0.6 is 0 Å². The van der Waals surface area contributed by atoms with E-state index in [1.54, 1.807) is 0 Å². The summed E-state index contributed by atoms with van der Waals surface area (Å²) in [7, 11) is 0. The number of aromatic nitrogens is 2. The van der Waals surface area contributed by atoms with E-state index in [9.17, 15) is 0 Å². The smallest absolute Gasteiger partial charge is 0.0998 e. The summed E-state index contributed by atoms with van der Waals surface area (Å²) in [6.45, 7) is 7.52. The van der Waals surface area contributed by atoms with Crippen molar-refractivity contribution in [3.8, 4) is 0 Å². The van der Waals surface area contributed by atoms with Gasteiger partial charge in [0.05, 0.1) is 17.5 Å². The molecule has 0 radical (unpaired) electrons. The van der Waals surface area contributed by atoms with Gasteiger partial charge in [0.25, 0.3) is 0 Å². The van der Waals surface area contributed by atoms with Crippen molar-refractivity contribution in [2.45, 2.75) is 13.5 Å². The Morgan fingerprint density at radius 1 is 1.29 bits per heavy atom. The van der Waals surface area contributed by atoms with Gasteiger partial charge in [-0.2, -0.15) is 0 Å². The minimum absolute atomic E-state index is 1.01. The van der Waals surface area contributed by atoms with E-state index >= 15 is 0 Å². The molecule has 3 heterocycles. The Labute approximate surface area is 101 Å². The number of imidazole rings is 1. The molecule has 4 heteroatoms. The van der Waals surface area contributed by atoms with Gasteiger partial charge in [-0.1, -0.05) is 6.07 Å². The molecule has 0 bridgehead atoms. The number of pyridine rings is 1. The summed E-state index contributed by atoms with van der Waals surface area (Å²) in [4.78, 5) is 6.87. The number of nitrogens with zero attached hydrogens (tertiary/aromatic N) is 3. The Morgan fingerprint density at radius 3 is 2.94 bits per heavy atom. The second kappa shape index (κ2) is 4.47. The van der Waals surface area contributed by atoms with E-state index in [0.29, 0.717) is 0 Å². The molecule has 0 saturated carbocycles. The van der Waals surface area contributed by atoms with Crippen molar-refractivity contribution in [3.63, 3.8) is 0 Å². The summed E-state index contributed by atoms with van der Waals surface area (Å²) in [5, 5.41) is 3.38. The van der Waals surface area contributed by atoms with E-state index in [0.717, 1.165) is 38.4 Å². The zero-order valence-corrected chi connectivity index (χ0v) is 10.2. The van der Waals surface area contributed by atoms with Gasteiger partial charge in [-0.3, -0.25) is 4.90 Å². The number of fused-ring (bicyclic) bond motifs is 1. The topological polar surface area (TPSA) is 32.6 Å². The average Bonchev–Trinajstić information content (AvgIpc) is 2.74. The molecule has 1 N–H and O–H groups in total. The fraction of sp³-hybridized carbons (Fsp3) is 0.462. The largest absolute Gasteiger partial charge is 0.314 e. The number of rotatable bonds is 2. The summed E-state index contributed by atoms with van der Waals surface area (Å²) in [6, 6.07) is 6.45. The van der Waals surface area contributed by atoms with Gasteiger partial charge in [-0.25, -0.2) is 4.98 Å². The van der Waals surface area contributed by atoms with E-state index in [4.69, 9.17) is 0 Å². The molecule has 4 nitrogen and oxygen atoms in total. The van der Waals surface area contributed by atoms with Crippen molar-refractivity contribution in [1.82, 2.24) is 19.6 Å². The van der Waals surface area contributed by atoms with Crippen molar-refractivity contribution in [1.29, 1.82) is 0 Å². The van der Waals surface area contributed by atoms with Crippen LogP contribution in [0.5, 0.6) is 0 Å². The highest BCUT2D eigenvalue weighted by atomic mass is 15.2. The van der Waals surface area contributed by atoms with Gasteiger partial charge in [0, 0.05) is 38.4 Å². The van der Waals surface area contributed by atoms with Crippen LogP contribution in [0.4, 0.5) is 0 Å². The zero-order chi connectivity index (χ0) is 11.7. The molecule has 0 amide bonds. The summed E-state index contributed by atoms with van der Waals surface area (Å²) < 4.78 is 2.21. The third kappa shape index (κ3) is 2.06. The maximum atomic E-state index is 4.38. The Bertz CT molecular complexity index is 511. The van der Waals surface area contributed by atoms with Gasteiger partial charge < -0.3 is 9.72 Å². The van der Waals surface area contributed by atoms with Crippen LogP contribution < -0.4 is 5.32 Å². The van der Waals surface area contributed by atoms with Crippen molar-refractivity contribution in [2.75, 3.05) is 26.2 Å². The molecule has 90 valence electrons. The lowest BCUT2D eigenvalue weighted by atomic mass is 10.2. The van der Waals surface area contributed by atoms with Crippen LogP contribution in [0.3, 0.4) is 0 Å². The van der Waals surface area contributed by atoms with E-state index in [1.807, 2.05) is 6.33 Å². The summed E-state index contributed by atoms with van der Waals surface area (Å²) in [5.41, 5.74) is 3.65. The second-order valence-electron chi connectivity index (χ2n) is 4.63. The molecule has 0 atom stereocenters. The van der Waals surface area contributed by atoms with E-state index in [-0.39, 0.29) is 0 Å². The molecule has 2 aromatic heterocycles. The summed E-state index contributed by atoms with van der Waals surface area (Å²) in [6.07, 6.45) is 1.93. The van der Waals surface area contributed by atoms with Crippen LogP contribution in [0.25, 0.3) is 5.52 Å². The zero-order valence-electron chi connectivity index (χ0n) is 10.2. The van der Waals surface area contributed by atoms with Gasteiger partial charge >= 0.3 is 0 Å². The highest BCUT2D eigenvalue weighted by molar-refractivity contribution is 5.52. The Kier molecular flexibility index (Phi) is 2.82. The van der Waals surface area contributed by atoms with Crippen LogP contribution in [0.2, 0.25) is 0 Å². The molecular formula is C13H18N4. The number of hydrogen-bond donors (Lipinski definition) is 1. The van der Waals surface area contributed by atoms with Crippen molar-refractivity contribution < 1.29 is 0 Å². The molecule has 17 heavy (non-hydrogen) atoms. The molecule has 0 aromatic carbocycles. The Morgan fingerprint density at radius 2 is 2.12 bits per heavy atom. The first-order valence-corrected chi connectivity index (χ1v) is 6.19. The maximum Gasteiger partial charge on any atom is 0.0998 e. The van der Waals surface area contributed by atoms with Crippen molar-refractivity contribution >= 4 is 5.52 Å². The molecule has 1 saturated heterocycles. The van der Waals surface area contributed by atoms with Crippen LogP contribution in [-0.4, -0.2) is 40.5 Å². The average molecular weight is 230 g/mol. The molecule has 1 aliphatic rings. The normalized spacial score (nSPS) is 17.7. The van der Waals surface area contributed by atoms with Gasteiger partial charge in [0.15, 0.2) is 0 Å². The van der Waals surface area contributed by atoms with Crippen molar-refractivity contribution in [3.05, 3.63) is 35.9 Å². The molecule has 2 aromatic rings. The van der Waals surface area contributed by atoms with Crippen molar-refractivity contribution in [2.24, 2.45) is 0 Å². The Hall–Kier alpha value is -1.39. The summed E-state index contributed by atoms with van der Waals surface area (Å²) in [5.74, 6) is 0. The lowest BCUT2D eigenvalue weighted by Crippen LogP contribution is -2.43. The first kappa shape index (κ1) is 10.7. The molecule has 0 spiro atoms. The molecule has 0 aliphatic carbocycles. The lowest BCUT2D eigenvalue weighted by molar-refractivity contribution is 0.230. The highest BCUT2D eigenvalue weighted by Crippen LogP contribution is 2.13. The molecule has 0 unspecified atom stereocenters. The predicted octanol–water partition coefficient (Wildman–Crippen LogP) is 1.05. The number of hydrogen-bond acceptors (Lipinski definition) is 3. The number of piperazine rings is 1. The van der Waals surface area contributed by atoms with Gasteiger partial charge in [0.2, 0.25) is 0 Å². The molecular weight excluding hydrogens is 212 g/mol. The van der Waals surface area contributed by atoms with Gasteiger partial charge in [0.1, 0.15) is 0 Å². The minimum atomic E-state index is 1.01. The fourth-order valence-corrected chi connectivity index (χ4v) is 2.43. The van der Waals surface area contributed by atoms with Crippen LogP contribution in [0, 0.1) is 6.92 Å². The van der Waals surface area contributed by atoms with E-state index < -0.39 is 0 Å². The van der Waals surface area contributed by atoms with Gasteiger partial charge in [-0.05, 0) is 19.1 Å². The molecule has 1 fully saturated rings. The Balaban J connectivity index is 1.89. The predicted molar refractivity (Wildman–Crippen MR) is 68.1 cm³/mol. The SMILES string of the molecule is Cc1ncn2c(CN3CCNCC3)cccc12. The third-order valence-corrected chi connectivity index (χ3v) is 3.44. The number of nitrogens with one attached hydrogen (secondary N) is 1. The van der Waals surface area contributed by atoms with E-state index in [1.165, 1.54) is 11.2 Å². The lowest BCUT2D eigenvalue weighted by Gasteiger charge is -2.27. The highest BCUT2D eigenvalue weighted by Gasteiger charge is 2.11. The molecule has 1 aliphatic heterocycles. The van der Waals surface area contributed by atoms with Crippen LogP contribution in [0.1, 0.15) is 11.4 Å². The van der Waals surface area contributed by atoms with Gasteiger partial charge in [-0.15, -0.1) is 0 Å². The monoisotopic (exact) mass is 230 g/mol. The first-order valence-electron chi connectivity index (χ1n) is 6.19. The quantitative estimate of drug-likeness (QED) is 0.837. The maximum absolute atomic E-state index is 4.38. The summed E-state index contributed by atoms with van der Waals surface area (Å²) >= 11 is 0. The second-order valence-corrected chi connectivity index (χ2v) is 4.63. The van der Waals surface area contributed by atoms with E-state index in [2.05, 4.69) is 44.7 Å². The fourth-order valence-electron chi connectivity index (χ4n) is 2.43. The third-order valence-electron chi connectivity index (χ3n) is 3.44. The molecule has 3 rings (SSSR count). The van der Waals surface area contributed by atoms with Crippen LogP contribution in [-0.2, 0) is 6.54 Å². The standard InChI is InChI=1S/C13H18N4/c1-11-13-4-2-3-12(17(13)10-15-11)9-16-7-5-14-6-8-16/h2-4,10,14H,5-9H2,1H3. The van der Waals surface area contributed by atoms with Crippen LogP contribution in [0.15, 0.2) is 24.5 Å². The number of aryl methyl sites for hydroxylation is 1. The first-order chi connectivity index (χ1) is 8.34. The minimum Gasteiger partial charge on any atom is -0.314 e.